The maximum atomic E-state index is 16.9. The number of H-pyrrole nitrogens is 1. The van der Waals surface area contributed by atoms with Gasteiger partial charge < -0.3 is 33.4 Å². The predicted octanol–water partition coefficient (Wildman–Crippen LogP) is 4.31. The summed E-state index contributed by atoms with van der Waals surface area (Å²) in [4.78, 5) is 68.3. The third kappa shape index (κ3) is 11.3. The molecule has 0 bridgehead atoms. The maximum Gasteiger partial charge on any atom is 0.695 e. The van der Waals surface area contributed by atoms with Gasteiger partial charge in [-0.15, -0.1) is 14.5 Å². The molecule has 5 aromatic rings. The molecule has 0 spiro atoms. The van der Waals surface area contributed by atoms with Gasteiger partial charge in [0.05, 0.1) is 38.6 Å². The molecule has 0 radical (unpaired) electrons. The zero-order valence-electron chi connectivity index (χ0n) is 38.2. The molecular weight excluding hydrogens is 986 g/mol. The third-order valence-corrected chi connectivity index (χ3v) is 18.8. The van der Waals surface area contributed by atoms with Gasteiger partial charge in [0.15, 0.2) is 61.2 Å². The van der Waals surface area contributed by atoms with Crippen LogP contribution in [0.5, 0.6) is 0 Å². The second-order valence-electron chi connectivity index (χ2n) is 17.6. The molecular formula is C39H50FN12O13P2SSi+. The van der Waals surface area contributed by atoms with Crippen molar-refractivity contribution in [1.82, 2.24) is 44.5 Å². The Morgan fingerprint density at radius 3 is 2.45 bits per heavy atom. The number of anilines is 2. The number of hydrogen-bond donors (Lipinski definition) is 5. The highest BCUT2D eigenvalue weighted by Gasteiger charge is 2.56. The summed E-state index contributed by atoms with van der Waals surface area (Å²) in [6.07, 6.45) is -10.0. The van der Waals surface area contributed by atoms with Crippen LogP contribution < -0.4 is 16.2 Å². The first-order chi connectivity index (χ1) is 32.6. The van der Waals surface area contributed by atoms with E-state index in [9.17, 15) is 34.2 Å². The number of benzene rings is 1. The largest absolute Gasteiger partial charge is 0.695 e. The van der Waals surface area contributed by atoms with Crippen molar-refractivity contribution < 1.29 is 60.5 Å². The average molecular weight is 1040 g/mol. The minimum atomic E-state index is -4.21. The number of amides is 2. The highest BCUT2D eigenvalue weighted by Crippen LogP contribution is 2.55. The normalized spacial score (nSPS) is 24.1. The van der Waals surface area contributed by atoms with Crippen LogP contribution >= 0.6 is 15.0 Å². The number of rotatable bonds is 19. The number of aromatic nitrogens is 9. The van der Waals surface area contributed by atoms with Crippen LogP contribution in [-0.2, 0) is 53.2 Å². The Kier molecular flexibility index (Phi) is 15.9. The standard InChI is InChI=1S/C39H49FN12O13P2SSi/c1-20(2)33(54)47-38-46-32-26(35(56)48-38)44-19-51(32)37-29(63-66(57)58)28(65-69(6,7)39(3,4)5)23(62-37)17-60-67(68,59-15-11-14-41)64-27-22(16-53)61-36(24(27)40)52-31-25(49-50-52)30(42-18-43-31)45-34(55)21-12-9-8-10-13-21/h8-10,12-13,18-20,22-24,27-29,36-37,53H,11,15-17H2,1-7H3,(H3-,42,43,45,46,47,48,50,54,55,56,57,58)/p+1/t22-,23-,24+,27-,28-,29+,36-,37-,67?/m1/s1. The van der Waals surface area contributed by atoms with E-state index in [1.165, 1.54) is 10.9 Å². The predicted molar refractivity (Wildman–Crippen MR) is 247 cm³/mol. The van der Waals surface area contributed by atoms with Crippen molar-refractivity contribution in [1.29, 1.82) is 5.26 Å². The molecule has 2 fully saturated rings. The Labute approximate surface area is 399 Å². The van der Waals surface area contributed by atoms with E-state index < -0.39 is 114 Å². The molecule has 30 heteroatoms. The number of nitrogens with zero attached hydrogens (tertiary/aromatic N) is 9. The number of imidazole rings is 1. The van der Waals surface area contributed by atoms with Crippen LogP contribution in [0.2, 0.25) is 18.1 Å². The lowest BCUT2D eigenvalue weighted by Gasteiger charge is -2.40. The highest BCUT2D eigenvalue weighted by molar-refractivity contribution is 8.07. The van der Waals surface area contributed by atoms with E-state index >= 15 is 4.39 Å². The molecule has 2 amide bonds. The van der Waals surface area contributed by atoms with Crippen LogP contribution in [0.3, 0.4) is 0 Å². The van der Waals surface area contributed by atoms with Gasteiger partial charge in [0.1, 0.15) is 30.7 Å². The van der Waals surface area contributed by atoms with Gasteiger partial charge in [-0.05, 0) is 42.1 Å². The minimum Gasteiger partial charge on any atom is -0.408 e. The topological polar surface area (TPSA) is 324 Å². The molecule has 25 nitrogen and oxygen atoms in total. The number of ether oxygens (including phenoxy) is 2. The second kappa shape index (κ2) is 21.2. The van der Waals surface area contributed by atoms with Gasteiger partial charge in [0.2, 0.25) is 11.9 Å². The van der Waals surface area contributed by atoms with E-state index in [2.05, 4.69) is 45.9 Å². The summed E-state index contributed by atoms with van der Waals surface area (Å²) in [5.74, 6) is -1.64. The lowest BCUT2D eigenvalue weighted by Crippen LogP contribution is -2.50. The summed E-state index contributed by atoms with van der Waals surface area (Å²) in [6.45, 7) is 7.12. The number of aromatic amines is 1. The van der Waals surface area contributed by atoms with Gasteiger partial charge in [0.25, 0.3) is 11.5 Å². The van der Waals surface area contributed by atoms with Crippen molar-refractivity contribution in [3.05, 3.63) is 58.9 Å². The Morgan fingerprint density at radius 2 is 1.78 bits per heavy atom. The number of aliphatic hydroxyl groups is 1. The molecule has 5 N–H and O–H groups in total. The van der Waals surface area contributed by atoms with Gasteiger partial charge >= 0.3 is 15.0 Å². The number of carbonyl (C=O) groups excluding carboxylic acids is 2. The molecule has 69 heavy (non-hydrogen) atoms. The first-order valence-corrected chi connectivity index (χ1v) is 28.0. The van der Waals surface area contributed by atoms with Gasteiger partial charge in [-0.1, -0.05) is 58.0 Å². The summed E-state index contributed by atoms with van der Waals surface area (Å²) in [5.41, 5.74) is -0.677. The molecule has 10 atom stereocenters. The summed E-state index contributed by atoms with van der Waals surface area (Å²) < 4.78 is 74.9. The third-order valence-electron chi connectivity index (χ3n) is 11.5. The number of aliphatic hydroxyl groups excluding tert-OH is 1. The molecule has 4 aromatic heterocycles. The van der Waals surface area contributed by atoms with Gasteiger partial charge in [-0.25, -0.2) is 19.3 Å². The number of alkyl halides is 1. The minimum absolute atomic E-state index is 0.00208. The van der Waals surface area contributed by atoms with E-state index in [4.69, 9.17) is 43.8 Å². The number of nitrogens with one attached hydrogen (secondary N) is 3. The van der Waals surface area contributed by atoms with Crippen molar-refractivity contribution in [3.63, 3.8) is 0 Å². The van der Waals surface area contributed by atoms with Crippen LogP contribution in [0.4, 0.5) is 16.2 Å². The van der Waals surface area contributed by atoms with E-state index in [-0.39, 0.29) is 47.1 Å². The fourth-order valence-corrected chi connectivity index (χ4v) is 10.8. The Morgan fingerprint density at radius 1 is 1.06 bits per heavy atom. The molecule has 1 aromatic carbocycles. The molecule has 7 rings (SSSR count). The van der Waals surface area contributed by atoms with Crippen LogP contribution in [-0.4, -0.2) is 131 Å². The molecule has 0 saturated carbocycles. The van der Waals surface area contributed by atoms with Gasteiger partial charge in [0, 0.05) is 16.0 Å². The first-order valence-electron chi connectivity index (χ1n) is 21.4. The lowest BCUT2D eigenvalue weighted by atomic mass is 10.1. The first kappa shape index (κ1) is 51.9. The summed E-state index contributed by atoms with van der Waals surface area (Å²) in [6, 6.07) is 10.2. The van der Waals surface area contributed by atoms with E-state index in [1.807, 2.05) is 39.9 Å². The number of halogens is 1. The molecule has 0 aliphatic carbocycles. The van der Waals surface area contributed by atoms with Crippen LogP contribution in [0.15, 0.2) is 47.8 Å². The van der Waals surface area contributed by atoms with Crippen molar-refractivity contribution in [2.24, 2.45) is 5.92 Å². The molecule has 370 valence electrons. The zero-order valence-corrected chi connectivity index (χ0v) is 41.8. The van der Waals surface area contributed by atoms with Crippen LogP contribution in [0, 0.1) is 17.2 Å². The summed E-state index contributed by atoms with van der Waals surface area (Å²) in [5, 5.41) is 32.7. The Balaban J connectivity index is 1.19. The van der Waals surface area contributed by atoms with E-state index in [1.54, 1.807) is 44.2 Å². The van der Waals surface area contributed by atoms with Crippen molar-refractivity contribution >= 4 is 81.0 Å². The highest BCUT2D eigenvalue weighted by atomic mass is 32.5. The Bertz CT molecular complexity index is 2850. The summed E-state index contributed by atoms with van der Waals surface area (Å²) in [7, 11) is -6.18. The van der Waals surface area contributed by atoms with Crippen LogP contribution in [0.1, 0.15) is 63.9 Å². The molecule has 6 heterocycles. The van der Waals surface area contributed by atoms with Gasteiger partial charge in [-0.2, -0.15) is 14.9 Å². The second-order valence-corrected chi connectivity index (χ2v) is 26.0. The van der Waals surface area contributed by atoms with Crippen molar-refractivity contribution in [2.45, 2.75) is 108 Å². The summed E-state index contributed by atoms with van der Waals surface area (Å²) >= 11 is 5.85. The van der Waals surface area contributed by atoms with E-state index in [0.717, 1.165) is 11.0 Å². The zero-order chi connectivity index (χ0) is 50.0. The molecule has 2 aliphatic rings. The quantitative estimate of drug-likeness (QED) is 0.0437. The van der Waals surface area contributed by atoms with E-state index in [0.29, 0.717) is 5.56 Å². The maximum absolute atomic E-state index is 16.9. The molecule has 2 unspecified atom stereocenters. The fourth-order valence-electron chi connectivity index (χ4n) is 6.95. The lowest BCUT2D eigenvalue weighted by molar-refractivity contribution is -0.118. The average Bonchev–Trinajstić information content (AvgIpc) is 4.07. The number of fused-ring (bicyclic) bond motifs is 2. The SMILES string of the molecule is CC(C)C(=O)Nc1nc2c(ncn2[C@@H]2O[C@H](COP(=S)(OCCC#N)O[C@H]3[C@H](F)[C@H](n4nnc5c(NC(=O)c6ccccc6)ncnc54)O[C@@H]3CO)[C@@H](O[Si](C)(C)C(C)(C)C)[C@@H]2O[P+](=O)O)c(=O)[nH]1. The number of carbonyl (C=O) groups is 2. The number of hydrogen-bond acceptors (Lipinski definition) is 20. The monoisotopic (exact) mass is 1040 g/mol. The number of nitriles is 1. The molecule has 2 aliphatic heterocycles. The fraction of sp³-hybridized carbons (Fsp3) is 0.538. The van der Waals surface area contributed by atoms with Crippen molar-refractivity contribution in [2.75, 3.05) is 30.5 Å². The van der Waals surface area contributed by atoms with Crippen LogP contribution in [0.25, 0.3) is 22.3 Å². The Hall–Kier alpha value is -4.98. The van der Waals surface area contributed by atoms with Crippen molar-refractivity contribution in [3.8, 4) is 6.07 Å². The molecule has 2 saturated heterocycles. The van der Waals surface area contributed by atoms with Gasteiger partial charge in [-0.3, -0.25) is 33.8 Å². The smallest absolute Gasteiger partial charge is 0.408 e.